The van der Waals surface area contributed by atoms with Gasteiger partial charge in [0.25, 0.3) is 0 Å². The molecule has 0 radical (unpaired) electrons. The highest BCUT2D eigenvalue weighted by Crippen LogP contribution is 2.31. The predicted octanol–water partition coefficient (Wildman–Crippen LogP) is 0.0810. The van der Waals surface area contributed by atoms with Crippen LogP contribution < -0.4 is 5.43 Å². The van der Waals surface area contributed by atoms with Crippen molar-refractivity contribution in [3.63, 3.8) is 0 Å². The molecule has 2 rings (SSSR count). The fourth-order valence-corrected chi connectivity index (χ4v) is 2.95. The summed E-state index contributed by atoms with van der Waals surface area (Å²) < 4.78 is 5.65. The van der Waals surface area contributed by atoms with E-state index in [1.807, 2.05) is 0 Å². The lowest BCUT2D eigenvalue weighted by Crippen LogP contribution is -2.30. The molecule has 1 fully saturated rings. The molecule has 4 heteroatoms. The van der Waals surface area contributed by atoms with E-state index in [4.69, 9.17) is 4.74 Å². The Morgan fingerprint density at radius 3 is 2.80 bits per heavy atom. The molecule has 0 aromatic heterocycles. The van der Waals surface area contributed by atoms with Gasteiger partial charge in [-0.25, -0.2) is 0 Å². The van der Waals surface area contributed by atoms with Gasteiger partial charge < -0.3 is 9.84 Å². The van der Waals surface area contributed by atoms with E-state index >= 15 is 0 Å². The molecule has 15 heavy (non-hydrogen) atoms. The van der Waals surface area contributed by atoms with Crippen LogP contribution in [0, 0.1) is 0 Å². The Kier molecular flexibility index (Phi) is 2.62. The Morgan fingerprint density at radius 1 is 1.40 bits per heavy atom. The van der Waals surface area contributed by atoms with Gasteiger partial charge in [0.15, 0.2) is 5.75 Å². The van der Waals surface area contributed by atoms with Crippen LogP contribution in [0.3, 0.4) is 0 Å². The topological polar surface area (TPSA) is 46.5 Å². The largest absolute Gasteiger partial charge is 0.504 e. The van der Waals surface area contributed by atoms with Crippen LogP contribution in [0.1, 0.15) is 18.4 Å². The van der Waals surface area contributed by atoms with Crippen molar-refractivity contribution in [2.45, 2.75) is 18.1 Å². The quantitative estimate of drug-likeness (QED) is 0.685. The molecule has 1 aromatic carbocycles. The van der Waals surface area contributed by atoms with Gasteiger partial charge in [-0.15, -0.1) is 0 Å². The molecule has 1 atom stereocenters. The van der Waals surface area contributed by atoms with Gasteiger partial charge in [0, 0.05) is 22.4 Å². The van der Waals surface area contributed by atoms with Crippen molar-refractivity contribution in [3.8, 4) is 5.75 Å². The number of aromatic hydroxyl groups is 1. The van der Waals surface area contributed by atoms with Gasteiger partial charge in [-0.1, -0.05) is 18.2 Å². The van der Waals surface area contributed by atoms with Crippen molar-refractivity contribution in [2.24, 2.45) is 0 Å². The number of hydrogen-bond donors (Lipinski definition) is 1. The first-order chi connectivity index (χ1) is 7.13. The van der Waals surface area contributed by atoms with Gasteiger partial charge in [-0.05, 0) is 18.9 Å². The Morgan fingerprint density at radius 2 is 2.13 bits per heavy atom. The van der Waals surface area contributed by atoms with Crippen molar-refractivity contribution >= 4 is 10.2 Å². The summed E-state index contributed by atoms with van der Waals surface area (Å²) >= 11 is 0. The third-order valence-electron chi connectivity index (χ3n) is 2.89. The Balaban J connectivity index is 2.59. The van der Waals surface area contributed by atoms with Gasteiger partial charge in [0.1, 0.15) is 0 Å². The number of hydrogen-bond acceptors (Lipinski definition) is 3. The van der Waals surface area contributed by atoms with E-state index in [1.165, 1.54) is 6.07 Å². The third-order valence-corrected chi connectivity index (χ3v) is 4.22. The first-order valence-corrected chi connectivity index (χ1v) is 6.10. The van der Waals surface area contributed by atoms with Crippen molar-refractivity contribution < 1.29 is 9.84 Å². The summed E-state index contributed by atoms with van der Waals surface area (Å²) in [5, 5.41) is 9.09. The zero-order valence-corrected chi connectivity index (χ0v) is 10.7. The highest BCUT2D eigenvalue weighted by molar-refractivity contribution is 6.14. The van der Waals surface area contributed by atoms with Gasteiger partial charge in [-0.3, -0.25) is 4.79 Å². The van der Waals surface area contributed by atoms with E-state index in [0.29, 0.717) is 12.2 Å². The maximum Gasteiger partial charge on any atom is 0.225 e. The lowest BCUT2D eigenvalue weighted by atomic mass is 10.1. The summed E-state index contributed by atoms with van der Waals surface area (Å²) in [6.07, 6.45) is 1.88. The third kappa shape index (κ3) is 1.82. The Labute approximate surface area is 91.1 Å². The van der Waals surface area contributed by atoms with Gasteiger partial charge in [0.2, 0.25) is 5.43 Å². The van der Waals surface area contributed by atoms with Gasteiger partial charge >= 0.3 is 0 Å². The predicted molar refractivity (Wildman–Crippen MR) is 61.2 cm³/mol. The first kappa shape index (κ1) is 10.4. The first-order valence-electron chi connectivity index (χ1n) is 5.10. The number of ether oxygens (including phenoxy) is 1. The van der Waals surface area contributed by atoms with Crippen molar-refractivity contribution in [1.82, 2.24) is 0 Å². The van der Waals surface area contributed by atoms with Crippen LogP contribution in [0.4, 0.5) is 0 Å². The van der Waals surface area contributed by atoms with E-state index in [0.717, 1.165) is 23.1 Å². The summed E-state index contributed by atoms with van der Waals surface area (Å²) in [7, 11) is 0.768. The summed E-state index contributed by atoms with van der Waals surface area (Å²) in [5.41, 5.74) is 0.311. The summed E-state index contributed by atoms with van der Waals surface area (Å²) in [6, 6.07) is 6.63. The minimum atomic E-state index is -0.395. The zero-order valence-electron chi connectivity index (χ0n) is 8.69. The highest BCUT2D eigenvalue weighted by Gasteiger charge is 2.33. The van der Waals surface area contributed by atoms with E-state index in [2.05, 4.69) is 0 Å². The molecule has 1 N–H and O–H groups in total. The van der Waals surface area contributed by atoms with Crippen LogP contribution in [0.2, 0.25) is 0 Å². The van der Waals surface area contributed by atoms with Crippen molar-refractivity contribution in [2.75, 3.05) is 6.61 Å². The average Bonchev–Trinajstić information content (AvgIpc) is 2.57. The van der Waals surface area contributed by atoms with Gasteiger partial charge in [-0.2, -0.15) is 0 Å². The molecule has 1 aliphatic heterocycles. The van der Waals surface area contributed by atoms with E-state index in [1.54, 1.807) is 18.2 Å². The molecular formula is C11H14O3Si. The minimum Gasteiger partial charge on any atom is -0.504 e. The maximum absolute atomic E-state index is 11.9. The maximum atomic E-state index is 11.9. The monoisotopic (exact) mass is 222 g/mol. The van der Waals surface area contributed by atoms with Crippen LogP contribution >= 0.6 is 0 Å². The summed E-state index contributed by atoms with van der Waals surface area (Å²) in [4.78, 5) is 11.9. The van der Waals surface area contributed by atoms with Crippen LogP contribution in [-0.4, -0.2) is 22.0 Å². The van der Waals surface area contributed by atoms with Crippen LogP contribution in [-0.2, 0) is 9.96 Å². The molecule has 0 spiro atoms. The molecule has 0 unspecified atom stereocenters. The fraction of sp³-hybridized carbons (Fsp3) is 0.364. The molecule has 1 aromatic rings. The van der Waals surface area contributed by atoms with Crippen LogP contribution in [0.25, 0.3) is 0 Å². The molecule has 1 saturated heterocycles. The second-order valence-corrected chi connectivity index (χ2v) is 5.64. The van der Waals surface area contributed by atoms with E-state index in [-0.39, 0.29) is 11.2 Å². The molecular weight excluding hydrogens is 208 g/mol. The molecule has 80 valence electrons. The fourth-order valence-electron chi connectivity index (χ4n) is 2.00. The zero-order chi connectivity index (χ0) is 10.9. The summed E-state index contributed by atoms with van der Waals surface area (Å²) in [6.45, 7) is 0.711. The Hall–Kier alpha value is -1.13. The smallest absolute Gasteiger partial charge is 0.225 e. The summed E-state index contributed by atoms with van der Waals surface area (Å²) in [5.74, 6) is -0.194. The lowest BCUT2D eigenvalue weighted by molar-refractivity contribution is 0.0720. The van der Waals surface area contributed by atoms with Crippen LogP contribution in [0.5, 0.6) is 5.75 Å². The van der Waals surface area contributed by atoms with Gasteiger partial charge in [0.05, 0.1) is 5.22 Å². The normalized spacial score (nSPS) is 25.6. The minimum absolute atomic E-state index is 0.194. The van der Waals surface area contributed by atoms with Crippen molar-refractivity contribution in [3.05, 3.63) is 40.1 Å². The molecule has 1 heterocycles. The van der Waals surface area contributed by atoms with E-state index < -0.39 is 5.22 Å². The second kappa shape index (κ2) is 3.79. The molecule has 0 bridgehead atoms. The SMILES string of the molecule is O=c1c(O)ccccc1[C@]1([SiH3])CCCO1. The number of rotatable bonds is 1. The standard InChI is InChI=1S/C11H14O3Si/c12-9-5-2-1-4-8(10(9)13)11(15)6-3-7-14-11/h1-2,4-5H,3,6-7H2,15H3,(H,12,13)/t11-/m1/s1. The Bertz CT molecular complexity index is 424. The molecule has 3 nitrogen and oxygen atoms in total. The van der Waals surface area contributed by atoms with Crippen molar-refractivity contribution in [1.29, 1.82) is 0 Å². The molecule has 0 saturated carbocycles. The average molecular weight is 222 g/mol. The lowest BCUT2D eigenvalue weighted by Gasteiger charge is -2.22. The van der Waals surface area contributed by atoms with E-state index in [9.17, 15) is 9.90 Å². The molecule has 0 amide bonds. The molecule has 1 aliphatic rings. The van der Waals surface area contributed by atoms with Crippen LogP contribution in [0.15, 0.2) is 29.1 Å². The highest BCUT2D eigenvalue weighted by atomic mass is 28.1. The second-order valence-electron chi connectivity index (χ2n) is 4.03. The molecule has 0 aliphatic carbocycles.